The summed E-state index contributed by atoms with van der Waals surface area (Å²) in [5, 5.41) is 0.727. The van der Waals surface area contributed by atoms with Crippen molar-refractivity contribution in [1.82, 2.24) is 9.80 Å². The van der Waals surface area contributed by atoms with Gasteiger partial charge in [-0.3, -0.25) is 0 Å². The van der Waals surface area contributed by atoms with E-state index in [-0.39, 0.29) is 6.23 Å². The highest BCUT2D eigenvalue weighted by Gasteiger charge is 2.36. The summed E-state index contributed by atoms with van der Waals surface area (Å²) < 4.78 is 6.67. The van der Waals surface area contributed by atoms with Crippen molar-refractivity contribution in [3.63, 3.8) is 0 Å². The molecule has 5 rings (SSSR count). The van der Waals surface area contributed by atoms with E-state index in [0.29, 0.717) is 12.0 Å². The van der Waals surface area contributed by atoms with E-state index in [2.05, 4.69) is 47.9 Å². The van der Waals surface area contributed by atoms with E-state index in [1.54, 1.807) is 0 Å². The fourth-order valence-corrected chi connectivity index (χ4v) is 5.14. The molecule has 0 amide bonds. The van der Waals surface area contributed by atoms with Crippen molar-refractivity contribution in [2.45, 2.75) is 58.2 Å². The summed E-state index contributed by atoms with van der Waals surface area (Å²) in [5.74, 6) is 3.44. The van der Waals surface area contributed by atoms with Crippen LogP contribution in [0.4, 0.5) is 5.69 Å². The summed E-state index contributed by atoms with van der Waals surface area (Å²) in [7, 11) is 0. The molecular formula is C27H34ClN3O. The number of ether oxygens (including phenoxy) is 1. The summed E-state index contributed by atoms with van der Waals surface area (Å²) in [4.78, 5) is 10.3. The van der Waals surface area contributed by atoms with Crippen molar-refractivity contribution in [2.75, 3.05) is 19.6 Å². The molecule has 170 valence electrons. The molecule has 0 bridgehead atoms. The second-order valence-corrected chi connectivity index (χ2v) is 10.3. The van der Waals surface area contributed by atoms with Crippen LogP contribution in [0.15, 0.2) is 53.5 Å². The third kappa shape index (κ3) is 4.97. The molecule has 3 aliphatic rings. The average molecular weight is 452 g/mol. The molecule has 0 aromatic heterocycles. The van der Waals surface area contributed by atoms with Crippen LogP contribution < -0.4 is 4.74 Å². The largest absolute Gasteiger partial charge is 0.466 e. The van der Waals surface area contributed by atoms with Gasteiger partial charge in [0.2, 0.25) is 6.23 Å². The lowest BCUT2D eigenvalue weighted by Gasteiger charge is -2.43. The molecule has 1 aliphatic carbocycles. The predicted octanol–water partition coefficient (Wildman–Crippen LogP) is 6.68. The molecule has 32 heavy (non-hydrogen) atoms. The predicted molar refractivity (Wildman–Crippen MR) is 132 cm³/mol. The minimum Gasteiger partial charge on any atom is -0.466 e. The van der Waals surface area contributed by atoms with E-state index >= 15 is 0 Å². The minimum atomic E-state index is -0.159. The Balaban J connectivity index is 1.46. The minimum absolute atomic E-state index is 0.159. The molecule has 5 heteroatoms. The first-order chi connectivity index (χ1) is 15.6. The molecule has 2 aromatic rings. The van der Waals surface area contributed by atoms with E-state index in [0.717, 1.165) is 47.5 Å². The molecule has 0 radical (unpaired) electrons. The zero-order chi connectivity index (χ0) is 22.1. The van der Waals surface area contributed by atoms with Gasteiger partial charge in [0.25, 0.3) is 0 Å². The molecule has 4 nitrogen and oxygen atoms in total. The fourth-order valence-electron chi connectivity index (χ4n) is 5.01. The van der Waals surface area contributed by atoms with E-state index in [4.69, 9.17) is 21.3 Å². The highest BCUT2D eigenvalue weighted by molar-refractivity contribution is 6.30. The molecule has 1 saturated carbocycles. The summed E-state index contributed by atoms with van der Waals surface area (Å²) in [6.07, 6.45) is 6.07. The Bertz CT molecular complexity index is 954. The first kappa shape index (κ1) is 21.8. The maximum absolute atomic E-state index is 6.67. The molecule has 0 spiro atoms. The number of aliphatic imine (C=N–C) groups is 1. The van der Waals surface area contributed by atoms with E-state index in [1.165, 1.54) is 38.1 Å². The van der Waals surface area contributed by atoms with Gasteiger partial charge in [0, 0.05) is 36.1 Å². The zero-order valence-electron chi connectivity index (χ0n) is 19.2. The number of halogens is 1. The first-order valence-corrected chi connectivity index (χ1v) is 12.5. The normalized spacial score (nSPS) is 23.8. The van der Waals surface area contributed by atoms with Crippen LogP contribution in [0, 0.1) is 11.8 Å². The van der Waals surface area contributed by atoms with Gasteiger partial charge in [-0.1, -0.05) is 29.8 Å². The quantitative estimate of drug-likeness (QED) is 0.469. The molecule has 1 saturated heterocycles. The number of benzene rings is 2. The number of amidine groups is 1. The van der Waals surface area contributed by atoms with Crippen LogP contribution in [0.2, 0.25) is 5.02 Å². The zero-order valence-corrected chi connectivity index (χ0v) is 20.0. The Labute approximate surface area is 197 Å². The first-order valence-electron chi connectivity index (χ1n) is 12.2. The molecule has 0 N–H and O–H groups in total. The summed E-state index contributed by atoms with van der Waals surface area (Å²) in [5.41, 5.74) is 2.20. The van der Waals surface area contributed by atoms with Crippen molar-refractivity contribution in [1.29, 1.82) is 0 Å². The highest BCUT2D eigenvalue weighted by Crippen LogP contribution is 2.41. The third-order valence-electron chi connectivity index (χ3n) is 7.03. The van der Waals surface area contributed by atoms with Crippen molar-refractivity contribution < 1.29 is 4.74 Å². The maximum Gasteiger partial charge on any atom is 0.201 e. The lowest BCUT2D eigenvalue weighted by molar-refractivity contribution is 0.0443. The summed E-state index contributed by atoms with van der Waals surface area (Å²) >= 11 is 6.13. The highest BCUT2D eigenvalue weighted by atomic mass is 35.5. The Morgan fingerprint density at radius 1 is 1.03 bits per heavy atom. The smallest absolute Gasteiger partial charge is 0.201 e. The number of hydrogen-bond acceptors (Lipinski definition) is 4. The molecule has 2 atom stereocenters. The van der Waals surface area contributed by atoms with Crippen molar-refractivity contribution in [3.05, 3.63) is 59.1 Å². The Morgan fingerprint density at radius 2 is 1.81 bits per heavy atom. The van der Waals surface area contributed by atoms with Gasteiger partial charge in [-0.05, 0) is 88.2 Å². The van der Waals surface area contributed by atoms with Crippen LogP contribution in [-0.2, 0) is 0 Å². The Morgan fingerprint density at radius 3 is 2.56 bits per heavy atom. The van der Waals surface area contributed by atoms with E-state index in [1.807, 2.05) is 24.3 Å². The molecule has 2 aromatic carbocycles. The number of likely N-dealkylation sites (tertiary alicyclic amines) is 1. The number of fused-ring (bicyclic) bond motifs is 1. The van der Waals surface area contributed by atoms with Gasteiger partial charge in [-0.25, -0.2) is 4.99 Å². The molecule has 2 aliphatic heterocycles. The number of para-hydroxylation sites is 1. The average Bonchev–Trinajstić information content (AvgIpc) is 3.61. The van der Waals surface area contributed by atoms with Crippen LogP contribution in [0.3, 0.4) is 0 Å². The van der Waals surface area contributed by atoms with Crippen LogP contribution in [0.25, 0.3) is 0 Å². The van der Waals surface area contributed by atoms with Crippen LogP contribution in [0.1, 0.15) is 57.7 Å². The van der Waals surface area contributed by atoms with Gasteiger partial charge in [0.05, 0.1) is 5.69 Å². The maximum atomic E-state index is 6.67. The second kappa shape index (κ2) is 9.44. The molecule has 2 fully saturated rings. The summed E-state index contributed by atoms with van der Waals surface area (Å²) in [6.45, 7) is 7.98. The lowest BCUT2D eigenvalue weighted by atomic mass is 9.95. The van der Waals surface area contributed by atoms with Crippen LogP contribution in [0.5, 0.6) is 5.75 Å². The van der Waals surface area contributed by atoms with Gasteiger partial charge in [-0.2, -0.15) is 0 Å². The SMILES string of the molecule is CC(C)N1CCC[C@H](CN2C(CC3CC3)=Nc3ccccc3C2Oc2ccc(Cl)cc2)C1. The fraction of sp³-hybridized carbons (Fsp3) is 0.519. The number of rotatable bonds is 7. The number of nitrogens with zero attached hydrogens (tertiary/aromatic N) is 3. The topological polar surface area (TPSA) is 28.1 Å². The standard InChI is InChI=1S/C27H34ClN3O/c1-19(2)30-15-5-6-21(17-30)18-31-26(16-20-9-10-20)29-25-8-4-3-7-24(25)27(31)32-23-13-11-22(28)12-14-23/h3-4,7-8,11-14,19-21,27H,5-6,9-10,15-18H2,1-2H3/t21-,27?/m0/s1. The number of hydrogen-bond donors (Lipinski definition) is 0. The second-order valence-electron chi connectivity index (χ2n) is 9.91. The molecule has 1 unspecified atom stereocenters. The van der Waals surface area contributed by atoms with Crippen molar-refractivity contribution >= 4 is 23.1 Å². The van der Waals surface area contributed by atoms with Gasteiger partial charge >= 0.3 is 0 Å². The van der Waals surface area contributed by atoms with Crippen LogP contribution in [-0.4, -0.2) is 41.3 Å². The van der Waals surface area contributed by atoms with Gasteiger partial charge in [0.15, 0.2) is 0 Å². The Kier molecular flexibility index (Phi) is 6.43. The monoisotopic (exact) mass is 451 g/mol. The van der Waals surface area contributed by atoms with Gasteiger partial charge in [-0.15, -0.1) is 0 Å². The molecule has 2 heterocycles. The van der Waals surface area contributed by atoms with Crippen molar-refractivity contribution in [3.8, 4) is 5.75 Å². The summed E-state index contributed by atoms with van der Waals surface area (Å²) in [6, 6.07) is 16.8. The van der Waals surface area contributed by atoms with Gasteiger partial charge in [0.1, 0.15) is 11.6 Å². The Hall–Kier alpha value is -2.04. The number of piperidine rings is 1. The van der Waals surface area contributed by atoms with Gasteiger partial charge < -0.3 is 14.5 Å². The van der Waals surface area contributed by atoms with Crippen LogP contribution >= 0.6 is 11.6 Å². The molecular weight excluding hydrogens is 418 g/mol. The van der Waals surface area contributed by atoms with E-state index < -0.39 is 0 Å². The van der Waals surface area contributed by atoms with Crippen molar-refractivity contribution in [2.24, 2.45) is 16.8 Å². The third-order valence-corrected chi connectivity index (χ3v) is 7.28. The lowest BCUT2D eigenvalue weighted by Crippen LogP contribution is -2.47. The van der Waals surface area contributed by atoms with E-state index in [9.17, 15) is 0 Å².